The molecule has 0 aromatic rings. The molecule has 1 saturated carbocycles. The molecule has 2 rings (SSSR count). The molecule has 70 valence electrons. The predicted molar refractivity (Wildman–Crippen MR) is 46.8 cm³/mol. The lowest BCUT2D eigenvalue weighted by Crippen LogP contribution is -2.17. The summed E-state index contributed by atoms with van der Waals surface area (Å²) in [6.45, 7) is 4.43. The van der Waals surface area contributed by atoms with E-state index in [2.05, 4.69) is 6.92 Å². The smallest absolute Gasteiger partial charge is 0.0529 e. The summed E-state index contributed by atoms with van der Waals surface area (Å²) in [5.74, 6) is 1.29. The molecule has 2 heteroatoms. The predicted octanol–water partition coefficient (Wildman–Crippen LogP) is 1.43. The third-order valence-corrected chi connectivity index (χ3v) is 3.64. The van der Waals surface area contributed by atoms with Crippen LogP contribution in [0, 0.1) is 17.3 Å². The molecule has 1 saturated heterocycles. The first kappa shape index (κ1) is 8.52. The van der Waals surface area contributed by atoms with E-state index in [0.29, 0.717) is 17.9 Å². The van der Waals surface area contributed by atoms with Crippen molar-refractivity contribution in [2.75, 3.05) is 19.8 Å². The minimum atomic E-state index is 0.365. The molecule has 3 atom stereocenters. The molecule has 2 aliphatic rings. The van der Waals surface area contributed by atoms with Crippen molar-refractivity contribution in [1.82, 2.24) is 0 Å². The van der Waals surface area contributed by atoms with Crippen molar-refractivity contribution in [3.63, 3.8) is 0 Å². The Morgan fingerprint density at radius 2 is 2.33 bits per heavy atom. The number of aliphatic hydroxyl groups is 1. The van der Waals surface area contributed by atoms with Crippen LogP contribution in [0.3, 0.4) is 0 Å². The molecule has 0 amide bonds. The highest BCUT2D eigenvalue weighted by atomic mass is 16.5. The van der Waals surface area contributed by atoms with Gasteiger partial charge in [0, 0.05) is 12.0 Å². The summed E-state index contributed by atoms with van der Waals surface area (Å²) in [4.78, 5) is 0. The molecule has 2 fully saturated rings. The Balaban J connectivity index is 1.97. The number of hydrogen-bond acceptors (Lipinski definition) is 2. The molecular weight excluding hydrogens is 152 g/mol. The van der Waals surface area contributed by atoms with E-state index in [0.717, 1.165) is 19.1 Å². The van der Waals surface area contributed by atoms with Crippen molar-refractivity contribution in [1.29, 1.82) is 0 Å². The van der Waals surface area contributed by atoms with Crippen LogP contribution < -0.4 is 0 Å². The molecule has 1 N–H and O–H groups in total. The van der Waals surface area contributed by atoms with Crippen LogP contribution in [0.1, 0.15) is 26.2 Å². The van der Waals surface area contributed by atoms with Gasteiger partial charge in [0.15, 0.2) is 0 Å². The molecule has 1 aliphatic heterocycles. The minimum absolute atomic E-state index is 0.365. The Morgan fingerprint density at radius 3 is 2.92 bits per heavy atom. The highest BCUT2D eigenvalue weighted by molar-refractivity contribution is 5.08. The standard InChI is InChI=1S/C10H18O2/c1-2-3-8-6-12-7-10(8)4-9(10)5-11/h8-9,11H,2-7H2,1H3. The Bertz CT molecular complexity index is 169. The van der Waals surface area contributed by atoms with Gasteiger partial charge in [0.1, 0.15) is 0 Å². The maximum absolute atomic E-state index is 9.06. The van der Waals surface area contributed by atoms with Crippen molar-refractivity contribution in [3.8, 4) is 0 Å². The van der Waals surface area contributed by atoms with E-state index in [1.165, 1.54) is 19.3 Å². The summed E-state index contributed by atoms with van der Waals surface area (Å²) < 4.78 is 5.51. The molecule has 1 heterocycles. The fourth-order valence-electron chi connectivity index (χ4n) is 2.72. The number of ether oxygens (including phenoxy) is 1. The summed E-state index contributed by atoms with van der Waals surface area (Å²) in [7, 11) is 0. The lowest BCUT2D eigenvalue weighted by Gasteiger charge is -2.16. The van der Waals surface area contributed by atoms with Crippen LogP contribution in [-0.4, -0.2) is 24.9 Å². The molecule has 2 nitrogen and oxygen atoms in total. The molecule has 1 spiro atoms. The van der Waals surface area contributed by atoms with Gasteiger partial charge in [0.05, 0.1) is 13.2 Å². The zero-order chi connectivity index (χ0) is 8.60. The van der Waals surface area contributed by atoms with Crippen LogP contribution in [-0.2, 0) is 4.74 Å². The van der Waals surface area contributed by atoms with Gasteiger partial charge in [-0.3, -0.25) is 0 Å². The van der Waals surface area contributed by atoms with Gasteiger partial charge in [-0.2, -0.15) is 0 Å². The third kappa shape index (κ3) is 1.09. The van der Waals surface area contributed by atoms with Crippen molar-refractivity contribution >= 4 is 0 Å². The number of hydrogen-bond donors (Lipinski definition) is 1. The lowest BCUT2D eigenvalue weighted by atomic mass is 9.87. The van der Waals surface area contributed by atoms with Gasteiger partial charge in [0.2, 0.25) is 0 Å². The Kier molecular flexibility index (Phi) is 2.13. The monoisotopic (exact) mass is 170 g/mol. The molecule has 0 aromatic heterocycles. The van der Waals surface area contributed by atoms with Gasteiger partial charge in [-0.25, -0.2) is 0 Å². The van der Waals surface area contributed by atoms with Gasteiger partial charge in [-0.1, -0.05) is 13.3 Å². The van der Waals surface area contributed by atoms with E-state index in [1.54, 1.807) is 0 Å². The Hall–Kier alpha value is -0.0800. The molecule has 1 aliphatic carbocycles. The highest BCUT2D eigenvalue weighted by Crippen LogP contribution is 2.61. The second-order valence-electron chi connectivity index (χ2n) is 4.32. The first-order valence-electron chi connectivity index (χ1n) is 5.02. The SMILES string of the molecule is CCCC1COCC12CC2CO. The fourth-order valence-corrected chi connectivity index (χ4v) is 2.72. The molecular formula is C10H18O2. The van der Waals surface area contributed by atoms with E-state index in [1.807, 2.05) is 0 Å². The molecule has 0 aromatic carbocycles. The van der Waals surface area contributed by atoms with Crippen molar-refractivity contribution in [2.45, 2.75) is 26.2 Å². The fraction of sp³-hybridized carbons (Fsp3) is 1.00. The lowest BCUT2D eigenvalue weighted by molar-refractivity contribution is 0.170. The van der Waals surface area contributed by atoms with E-state index in [-0.39, 0.29) is 0 Å². The third-order valence-electron chi connectivity index (χ3n) is 3.64. The molecule has 12 heavy (non-hydrogen) atoms. The van der Waals surface area contributed by atoms with Crippen LogP contribution in [0.2, 0.25) is 0 Å². The number of rotatable bonds is 3. The first-order valence-corrected chi connectivity index (χ1v) is 5.02. The quantitative estimate of drug-likeness (QED) is 0.694. The zero-order valence-corrected chi connectivity index (χ0v) is 7.75. The Morgan fingerprint density at radius 1 is 1.50 bits per heavy atom. The van der Waals surface area contributed by atoms with E-state index < -0.39 is 0 Å². The van der Waals surface area contributed by atoms with Crippen LogP contribution in [0.25, 0.3) is 0 Å². The van der Waals surface area contributed by atoms with Crippen LogP contribution in [0.4, 0.5) is 0 Å². The maximum Gasteiger partial charge on any atom is 0.0529 e. The minimum Gasteiger partial charge on any atom is -0.396 e. The van der Waals surface area contributed by atoms with Crippen LogP contribution >= 0.6 is 0 Å². The van der Waals surface area contributed by atoms with Crippen LogP contribution in [0.15, 0.2) is 0 Å². The normalized spacial score (nSPS) is 45.5. The zero-order valence-electron chi connectivity index (χ0n) is 7.75. The van der Waals surface area contributed by atoms with E-state index in [4.69, 9.17) is 9.84 Å². The van der Waals surface area contributed by atoms with Crippen molar-refractivity contribution in [3.05, 3.63) is 0 Å². The summed E-state index contributed by atoms with van der Waals surface area (Å²) >= 11 is 0. The topological polar surface area (TPSA) is 29.5 Å². The summed E-state index contributed by atoms with van der Waals surface area (Å²) in [6.07, 6.45) is 3.72. The highest BCUT2D eigenvalue weighted by Gasteiger charge is 2.60. The average molecular weight is 170 g/mol. The van der Waals surface area contributed by atoms with Gasteiger partial charge in [-0.05, 0) is 24.7 Å². The van der Waals surface area contributed by atoms with Crippen molar-refractivity contribution < 1.29 is 9.84 Å². The maximum atomic E-state index is 9.06. The summed E-state index contributed by atoms with van der Waals surface area (Å²) in [5.41, 5.74) is 0.408. The second-order valence-corrected chi connectivity index (χ2v) is 4.32. The molecule has 0 bridgehead atoms. The van der Waals surface area contributed by atoms with E-state index >= 15 is 0 Å². The summed E-state index contributed by atoms with van der Waals surface area (Å²) in [6, 6.07) is 0. The van der Waals surface area contributed by atoms with Crippen molar-refractivity contribution in [2.24, 2.45) is 17.3 Å². The van der Waals surface area contributed by atoms with Crippen LogP contribution in [0.5, 0.6) is 0 Å². The number of aliphatic hydroxyl groups excluding tert-OH is 1. The summed E-state index contributed by atoms with van der Waals surface area (Å²) in [5, 5.41) is 9.06. The van der Waals surface area contributed by atoms with Gasteiger partial charge >= 0.3 is 0 Å². The average Bonchev–Trinajstić information content (AvgIpc) is 2.64. The molecule has 3 unspecified atom stereocenters. The van der Waals surface area contributed by atoms with E-state index in [9.17, 15) is 0 Å². The first-order chi connectivity index (χ1) is 5.83. The Labute approximate surface area is 73.9 Å². The van der Waals surface area contributed by atoms with Gasteiger partial charge < -0.3 is 9.84 Å². The largest absolute Gasteiger partial charge is 0.396 e. The van der Waals surface area contributed by atoms with Gasteiger partial charge in [-0.15, -0.1) is 0 Å². The molecule has 0 radical (unpaired) electrons. The second kappa shape index (κ2) is 3.00. The van der Waals surface area contributed by atoms with Gasteiger partial charge in [0.25, 0.3) is 0 Å².